The van der Waals surface area contributed by atoms with Crippen molar-refractivity contribution in [2.24, 2.45) is 22.7 Å². The molecule has 0 radical (unpaired) electrons. The monoisotopic (exact) mass is 368 g/mol. The number of alkyl halides is 1. The molecule has 0 aromatic rings. The van der Waals surface area contributed by atoms with E-state index >= 15 is 0 Å². The van der Waals surface area contributed by atoms with Gasteiger partial charge in [0.05, 0.1) is 5.60 Å². The van der Waals surface area contributed by atoms with Crippen LogP contribution in [0.25, 0.3) is 0 Å². The van der Waals surface area contributed by atoms with Gasteiger partial charge in [0, 0.05) is 4.83 Å². The van der Waals surface area contributed by atoms with Gasteiger partial charge in [0.2, 0.25) is 0 Å². The highest BCUT2D eigenvalue weighted by Crippen LogP contribution is 2.62. The Morgan fingerprint density at radius 3 is 2.68 bits per heavy atom. The Balaban J connectivity index is 2.28. The highest BCUT2D eigenvalue weighted by molar-refractivity contribution is 9.09. The summed E-state index contributed by atoms with van der Waals surface area (Å²) in [6, 6.07) is 0. The lowest BCUT2D eigenvalue weighted by molar-refractivity contribution is -0.0385. The first kappa shape index (κ1) is 18.3. The summed E-state index contributed by atoms with van der Waals surface area (Å²) in [6.45, 7) is 15.3. The van der Waals surface area contributed by atoms with Crippen LogP contribution in [0.1, 0.15) is 66.7 Å². The molecule has 0 heterocycles. The molecule has 1 nitrogen and oxygen atoms in total. The van der Waals surface area contributed by atoms with Gasteiger partial charge in [0.1, 0.15) is 0 Å². The fourth-order valence-corrected chi connectivity index (χ4v) is 5.65. The molecule has 1 N–H and O–H groups in total. The molecule has 1 fully saturated rings. The minimum atomic E-state index is -0.744. The summed E-state index contributed by atoms with van der Waals surface area (Å²) >= 11 is 3.94. The summed E-state index contributed by atoms with van der Waals surface area (Å²) < 4.78 is 0. The Bertz CT molecular complexity index is 462. The molecule has 0 saturated heterocycles. The highest BCUT2D eigenvalue weighted by atomic mass is 79.9. The Hall–Kier alpha value is -0.0800. The van der Waals surface area contributed by atoms with Crippen molar-refractivity contribution in [2.75, 3.05) is 0 Å². The average Bonchev–Trinajstić information content (AvgIpc) is 2.42. The topological polar surface area (TPSA) is 20.2 Å². The van der Waals surface area contributed by atoms with Crippen LogP contribution < -0.4 is 0 Å². The van der Waals surface area contributed by atoms with E-state index in [-0.39, 0.29) is 0 Å². The average molecular weight is 369 g/mol. The first-order valence-corrected chi connectivity index (χ1v) is 9.63. The molecule has 2 heteroatoms. The normalized spacial score (nSPS) is 40.3. The van der Waals surface area contributed by atoms with Crippen LogP contribution in [0.3, 0.4) is 0 Å². The minimum absolute atomic E-state index is 0.323. The van der Waals surface area contributed by atoms with Gasteiger partial charge in [0.15, 0.2) is 0 Å². The number of hydrogen-bond acceptors (Lipinski definition) is 1. The molecule has 5 atom stereocenters. The molecule has 2 rings (SSSR count). The number of rotatable bonds is 4. The quantitative estimate of drug-likeness (QED) is 0.485. The summed E-state index contributed by atoms with van der Waals surface area (Å²) in [7, 11) is 0. The van der Waals surface area contributed by atoms with Crippen LogP contribution in [-0.4, -0.2) is 15.5 Å². The zero-order valence-corrected chi connectivity index (χ0v) is 16.5. The summed E-state index contributed by atoms with van der Waals surface area (Å²) in [5, 5.41) is 10.3. The van der Waals surface area contributed by atoms with Gasteiger partial charge in [-0.1, -0.05) is 54.4 Å². The molecule has 2 aliphatic rings. The highest BCUT2D eigenvalue weighted by Gasteiger charge is 2.54. The fraction of sp³-hybridized carbons (Fsp3) is 0.800. The van der Waals surface area contributed by atoms with Crippen molar-refractivity contribution in [1.29, 1.82) is 0 Å². The Labute approximate surface area is 145 Å². The lowest BCUT2D eigenvalue weighted by Crippen LogP contribution is -2.52. The Kier molecular flexibility index (Phi) is 5.06. The van der Waals surface area contributed by atoms with Crippen LogP contribution in [0.2, 0.25) is 0 Å². The van der Waals surface area contributed by atoms with Crippen molar-refractivity contribution in [3.63, 3.8) is 0 Å². The van der Waals surface area contributed by atoms with Crippen molar-refractivity contribution in [2.45, 2.75) is 77.2 Å². The molecule has 0 spiro atoms. The van der Waals surface area contributed by atoms with Crippen molar-refractivity contribution < 1.29 is 5.11 Å². The van der Waals surface area contributed by atoms with Crippen molar-refractivity contribution >= 4 is 15.9 Å². The number of allylic oxidation sites excluding steroid dienone is 2. The molecule has 0 bridgehead atoms. The second kappa shape index (κ2) is 6.09. The van der Waals surface area contributed by atoms with Gasteiger partial charge >= 0.3 is 0 Å². The fourth-order valence-electron chi connectivity index (χ4n) is 5.10. The molecule has 0 aromatic carbocycles. The summed E-state index contributed by atoms with van der Waals surface area (Å²) in [5.41, 5.74) is 1.46. The van der Waals surface area contributed by atoms with E-state index in [0.717, 1.165) is 12.8 Å². The van der Waals surface area contributed by atoms with E-state index in [4.69, 9.17) is 0 Å². The van der Waals surface area contributed by atoms with Gasteiger partial charge in [-0.2, -0.15) is 0 Å². The van der Waals surface area contributed by atoms with E-state index in [1.165, 1.54) is 24.8 Å². The van der Waals surface area contributed by atoms with Crippen molar-refractivity contribution in [3.05, 3.63) is 24.3 Å². The number of hydrogen-bond donors (Lipinski definition) is 1. The largest absolute Gasteiger partial charge is 0.386 e. The molecule has 0 aromatic heterocycles. The Morgan fingerprint density at radius 2 is 2.09 bits per heavy atom. The van der Waals surface area contributed by atoms with Crippen molar-refractivity contribution in [3.8, 4) is 0 Å². The standard InChI is InChI=1S/C20H33BrO/c1-7-19(5,22)12-10-15-14(2)8-9-16-18(3,4)17(21)11-13-20(15,16)6/h7-8,15-17,22H,1,9-13H2,2-6H3. The van der Waals surface area contributed by atoms with Gasteiger partial charge < -0.3 is 5.11 Å². The van der Waals surface area contributed by atoms with Gasteiger partial charge in [-0.25, -0.2) is 0 Å². The molecule has 0 aliphatic heterocycles. The molecule has 0 amide bonds. The van der Waals surface area contributed by atoms with E-state index in [0.29, 0.717) is 27.5 Å². The SMILES string of the molecule is C=CC(C)(O)CCC1C(C)=CCC2C(C)(C)C(Br)CCC12C. The maximum Gasteiger partial charge on any atom is 0.0797 e. The third-order valence-electron chi connectivity index (χ3n) is 6.84. The second-order valence-electron chi connectivity index (χ2n) is 8.72. The molecule has 22 heavy (non-hydrogen) atoms. The zero-order valence-electron chi connectivity index (χ0n) is 15.0. The van der Waals surface area contributed by atoms with Crippen LogP contribution >= 0.6 is 15.9 Å². The van der Waals surface area contributed by atoms with Crippen LogP contribution in [0.4, 0.5) is 0 Å². The molecule has 1 saturated carbocycles. The van der Waals surface area contributed by atoms with Gasteiger partial charge in [-0.05, 0) is 68.6 Å². The third kappa shape index (κ3) is 3.11. The number of aliphatic hydroxyl groups is 1. The first-order valence-electron chi connectivity index (χ1n) is 8.71. The first-order chi connectivity index (χ1) is 10.0. The molecular weight excluding hydrogens is 336 g/mol. The van der Waals surface area contributed by atoms with Crippen LogP contribution in [0, 0.1) is 22.7 Å². The van der Waals surface area contributed by atoms with E-state index in [1.54, 1.807) is 6.08 Å². The number of fused-ring (bicyclic) bond motifs is 1. The number of halogens is 1. The van der Waals surface area contributed by atoms with E-state index < -0.39 is 5.60 Å². The lowest BCUT2D eigenvalue weighted by Gasteiger charge is -2.58. The predicted octanol–water partition coefficient (Wildman–Crippen LogP) is 5.88. The minimum Gasteiger partial charge on any atom is -0.386 e. The van der Waals surface area contributed by atoms with E-state index in [9.17, 15) is 5.11 Å². The molecule has 2 aliphatic carbocycles. The van der Waals surface area contributed by atoms with Crippen LogP contribution in [0.5, 0.6) is 0 Å². The Morgan fingerprint density at radius 1 is 1.45 bits per heavy atom. The van der Waals surface area contributed by atoms with Gasteiger partial charge in [0.25, 0.3) is 0 Å². The maximum absolute atomic E-state index is 10.3. The van der Waals surface area contributed by atoms with E-state index in [1.807, 2.05) is 6.92 Å². The maximum atomic E-state index is 10.3. The lowest BCUT2D eigenvalue weighted by atomic mass is 9.48. The molecule has 5 unspecified atom stereocenters. The van der Waals surface area contributed by atoms with Crippen molar-refractivity contribution in [1.82, 2.24) is 0 Å². The van der Waals surface area contributed by atoms with Crippen LogP contribution in [0.15, 0.2) is 24.3 Å². The smallest absolute Gasteiger partial charge is 0.0797 e. The third-order valence-corrected chi connectivity index (χ3v) is 8.48. The second-order valence-corrected chi connectivity index (χ2v) is 9.83. The van der Waals surface area contributed by atoms with Gasteiger partial charge in [-0.3, -0.25) is 0 Å². The summed E-state index contributed by atoms with van der Waals surface area (Å²) in [5.74, 6) is 1.29. The van der Waals surface area contributed by atoms with Gasteiger partial charge in [-0.15, -0.1) is 6.58 Å². The van der Waals surface area contributed by atoms with E-state index in [2.05, 4.69) is 56.3 Å². The summed E-state index contributed by atoms with van der Waals surface area (Å²) in [4.78, 5) is 0.613. The molecular formula is C20H33BrO. The predicted molar refractivity (Wildman–Crippen MR) is 99.2 cm³/mol. The molecule has 126 valence electrons. The zero-order chi connectivity index (χ0) is 16.8. The van der Waals surface area contributed by atoms with Crippen LogP contribution in [-0.2, 0) is 0 Å². The summed E-state index contributed by atoms with van der Waals surface area (Å²) in [6.07, 6.45) is 9.74.